The van der Waals surface area contributed by atoms with Crippen molar-refractivity contribution < 1.29 is 0 Å². The van der Waals surface area contributed by atoms with Crippen molar-refractivity contribution in [1.82, 2.24) is 19.5 Å². The van der Waals surface area contributed by atoms with Crippen LogP contribution in [-0.2, 0) is 0 Å². The van der Waals surface area contributed by atoms with E-state index in [9.17, 15) is 0 Å². The van der Waals surface area contributed by atoms with Crippen molar-refractivity contribution in [3.05, 3.63) is 194 Å². The van der Waals surface area contributed by atoms with E-state index in [0.29, 0.717) is 17.5 Å². The summed E-state index contributed by atoms with van der Waals surface area (Å²) in [5.74, 6) is 1.91. The molecule has 0 amide bonds. The molecule has 0 spiro atoms. The van der Waals surface area contributed by atoms with Gasteiger partial charge in [-0.25, -0.2) is 15.0 Å². The Balaban J connectivity index is 1.09. The predicted octanol–water partition coefficient (Wildman–Crippen LogP) is 12.5. The van der Waals surface area contributed by atoms with Crippen LogP contribution < -0.4 is 0 Å². The fourth-order valence-electron chi connectivity index (χ4n) is 7.53. The van der Waals surface area contributed by atoms with Crippen molar-refractivity contribution in [2.75, 3.05) is 0 Å². The van der Waals surface area contributed by atoms with Crippen LogP contribution in [0.1, 0.15) is 0 Å². The monoisotopic (exact) mass is 676 g/mol. The number of nitrogens with zero attached hydrogens (tertiary/aromatic N) is 4. The molecule has 0 atom stereocenters. The summed E-state index contributed by atoms with van der Waals surface area (Å²) in [6.07, 6.45) is 0. The molecule has 10 aromatic rings. The van der Waals surface area contributed by atoms with E-state index in [2.05, 4.69) is 162 Å². The summed E-state index contributed by atoms with van der Waals surface area (Å²) in [6.45, 7) is 0. The summed E-state index contributed by atoms with van der Waals surface area (Å²) in [6, 6.07) is 68.1. The van der Waals surface area contributed by atoms with Gasteiger partial charge in [-0.3, -0.25) is 0 Å². The molecule has 2 aromatic heterocycles. The summed E-state index contributed by atoms with van der Waals surface area (Å²) in [5.41, 5.74) is 10.9. The van der Waals surface area contributed by atoms with Crippen LogP contribution in [0.15, 0.2) is 194 Å². The topological polar surface area (TPSA) is 43.6 Å². The van der Waals surface area contributed by atoms with Crippen LogP contribution >= 0.6 is 0 Å². The van der Waals surface area contributed by atoms with Gasteiger partial charge in [0.25, 0.3) is 0 Å². The van der Waals surface area contributed by atoms with Crippen molar-refractivity contribution in [3.8, 4) is 62.1 Å². The van der Waals surface area contributed by atoms with Crippen LogP contribution in [0.25, 0.3) is 94.7 Å². The average Bonchev–Trinajstić information content (AvgIpc) is 3.59. The van der Waals surface area contributed by atoms with Crippen LogP contribution in [0.4, 0.5) is 0 Å². The predicted molar refractivity (Wildman–Crippen MR) is 219 cm³/mol. The van der Waals surface area contributed by atoms with Crippen LogP contribution in [0.3, 0.4) is 0 Å². The van der Waals surface area contributed by atoms with Crippen LogP contribution in [0.2, 0.25) is 0 Å². The highest BCUT2D eigenvalue weighted by molar-refractivity contribution is 6.21. The van der Waals surface area contributed by atoms with E-state index in [1.165, 1.54) is 32.6 Å². The third-order valence-electron chi connectivity index (χ3n) is 10.1. The second-order valence-electron chi connectivity index (χ2n) is 13.2. The molecular weight excluding hydrogens is 645 g/mol. The van der Waals surface area contributed by atoms with Crippen molar-refractivity contribution in [3.63, 3.8) is 0 Å². The van der Waals surface area contributed by atoms with Gasteiger partial charge >= 0.3 is 0 Å². The molecule has 0 saturated carbocycles. The van der Waals surface area contributed by atoms with Gasteiger partial charge < -0.3 is 4.57 Å². The molecule has 0 bridgehead atoms. The summed E-state index contributed by atoms with van der Waals surface area (Å²) in [5, 5.41) is 5.03. The standard InChI is InChI=1S/C49H32N4/c1-3-14-33(15-4-1)38-19-13-20-39(32-38)49-51-47(36-17-5-2-6-18-36)50-48(52-49)37-28-26-35(27-29-37)40-21-9-11-24-43(40)53-44-25-12-10-23-42(44)46-41-22-8-7-16-34(41)30-31-45(46)53/h1-32H. The summed E-state index contributed by atoms with van der Waals surface area (Å²) in [7, 11) is 0. The SMILES string of the molecule is c1ccc(-c2cccc(-c3nc(-c4ccccc4)nc(-c4ccc(-c5ccccc5-n5c6ccccc6c6c7ccccc7ccc65)cc4)n3)c2)cc1. The van der Waals surface area contributed by atoms with E-state index in [-0.39, 0.29) is 0 Å². The lowest BCUT2D eigenvalue weighted by Gasteiger charge is -2.15. The molecule has 248 valence electrons. The molecule has 0 N–H and O–H groups in total. The molecule has 0 aliphatic carbocycles. The summed E-state index contributed by atoms with van der Waals surface area (Å²) < 4.78 is 2.41. The molecular formula is C49H32N4. The maximum Gasteiger partial charge on any atom is 0.164 e. The second kappa shape index (κ2) is 12.9. The zero-order valence-electron chi connectivity index (χ0n) is 28.8. The minimum Gasteiger partial charge on any atom is -0.309 e. The molecule has 53 heavy (non-hydrogen) atoms. The largest absolute Gasteiger partial charge is 0.309 e. The Labute approximate surface area is 307 Å². The van der Waals surface area contributed by atoms with Crippen LogP contribution in [0.5, 0.6) is 0 Å². The first-order valence-electron chi connectivity index (χ1n) is 17.9. The first-order valence-corrected chi connectivity index (χ1v) is 17.9. The van der Waals surface area contributed by atoms with Gasteiger partial charge in [-0.2, -0.15) is 0 Å². The first-order chi connectivity index (χ1) is 26.3. The van der Waals surface area contributed by atoms with E-state index in [0.717, 1.165) is 44.6 Å². The van der Waals surface area contributed by atoms with Gasteiger partial charge in [0, 0.05) is 33.0 Å². The zero-order valence-corrected chi connectivity index (χ0v) is 28.8. The first kappa shape index (κ1) is 30.6. The number of aromatic nitrogens is 4. The summed E-state index contributed by atoms with van der Waals surface area (Å²) in [4.78, 5) is 15.1. The quantitative estimate of drug-likeness (QED) is 0.176. The lowest BCUT2D eigenvalue weighted by Crippen LogP contribution is -2.00. The van der Waals surface area contributed by atoms with Crippen LogP contribution in [0, 0.1) is 0 Å². The highest BCUT2D eigenvalue weighted by atomic mass is 15.0. The Morgan fingerprint density at radius 3 is 1.64 bits per heavy atom. The minimum atomic E-state index is 0.632. The van der Waals surface area contributed by atoms with Crippen molar-refractivity contribution in [1.29, 1.82) is 0 Å². The normalized spacial score (nSPS) is 11.4. The Morgan fingerprint density at radius 2 is 0.868 bits per heavy atom. The third-order valence-corrected chi connectivity index (χ3v) is 10.1. The van der Waals surface area contributed by atoms with E-state index in [1.807, 2.05) is 36.4 Å². The number of rotatable bonds is 6. The van der Waals surface area contributed by atoms with Gasteiger partial charge in [-0.15, -0.1) is 0 Å². The Bertz CT molecular complexity index is 2930. The molecule has 4 heteroatoms. The molecule has 8 aromatic carbocycles. The third kappa shape index (κ3) is 5.45. The molecule has 0 aliphatic rings. The van der Waals surface area contributed by atoms with E-state index < -0.39 is 0 Å². The van der Waals surface area contributed by atoms with Gasteiger partial charge in [0.15, 0.2) is 17.5 Å². The van der Waals surface area contributed by atoms with Gasteiger partial charge in [0.2, 0.25) is 0 Å². The highest BCUT2D eigenvalue weighted by Crippen LogP contribution is 2.39. The van der Waals surface area contributed by atoms with E-state index >= 15 is 0 Å². The fourth-order valence-corrected chi connectivity index (χ4v) is 7.53. The summed E-state index contributed by atoms with van der Waals surface area (Å²) >= 11 is 0. The number of para-hydroxylation sites is 2. The Hall–Kier alpha value is -7.17. The number of hydrogen-bond acceptors (Lipinski definition) is 3. The van der Waals surface area contributed by atoms with Crippen LogP contribution in [-0.4, -0.2) is 19.5 Å². The average molecular weight is 677 g/mol. The van der Waals surface area contributed by atoms with Crippen molar-refractivity contribution in [2.24, 2.45) is 0 Å². The Morgan fingerprint density at radius 1 is 0.321 bits per heavy atom. The van der Waals surface area contributed by atoms with Gasteiger partial charge in [-0.05, 0) is 51.7 Å². The molecule has 10 rings (SSSR count). The second-order valence-corrected chi connectivity index (χ2v) is 13.2. The molecule has 2 heterocycles. The molecule has 0 fully saturated rings. The number of benzene rings is 8. The molecule has 0 unspecified atom stereocenters. The lowest BCUT2D eigenvalue weighted by molar-refractivity contribution is 1.07. The molecule has 4 nitrogen and oxygen atoms in total. The maximum atomic E-state index is 5.06. The van der Waals surface area contributed by atoms with Gasteiger partial charge in [-0.1, -0.05) is 170 Å². The molecule has 0 aliphatic heterocycles. The fraction of sp³-hybridized carbons (Fsp3) is 0. The number of hydrogen-bond donors (Lipinski definition) is 0. The van der Waals surface area contributed by atoms with Crippen molar-refractivity contribution in [2.45, 2.75) is 0 Å². The van der Waals surface area contributed by atoms with Gasteiger partial charge in [0.1, 0.15) is 0 Å². The lowest BCUT2D eigenvalue weighted by atomic mass is 10.0. The highest BCUT2D eigenvalue weighted by Gasteiger charge is 2.18. The van der Waals surface area contributed by atoms with Crippen molar-refractivity contribution >= 4 is 32.6 Å². The Kier molecular flexibility index (Phi) is 7.43. The smallest absolute Gasteiger partial charge is 0.164 e. The number of fused-ring (bicyclic) bond motifs is 5. The zero-order chi connectivity index (χ0) is 35.1. The van der Waals surface area contributed by atoms with Gasteiger partial charge in [0.05, 0.1) is 16.7 Å². The molecule has 0 saturated heterocycles. The molecule has 0 radical (unpaired) electrons. The maximum absolute atomic E-state index is 5.06. The van der Waals surface area contributed by atoms with E-state index in [4.69, 9.17) is 15.0 Å². The van der Waals surface area contributed by atoms with E-state index in [1.54, 1.807) is 0 Å². The minimum absolute atomic E-state index is 0.632.